The second kappa shape index (κ2) is 8.71. The molecule has 1 aliphatic carbocycles. The number of carbonyl (C=O) groups excluding carboxylic acids is 1. The van der Waals surface area contributed by atoms with Crippen molar-refractivity contribution in [3.63, 3.8) is 0 Å². The maximum atomic E-state index is 13.4. The molecule has 158 valence electrons. The Morgan fingerprint density at radius 2 is 2.17 bits per heavy atom. The molecule has 2 aromatic heterocycles. The fraction of sp³-hybridized carbons (Fsp3) is 0.636. The second-order valence-electron chi connectivity index (χ2n) is 8.43. The van der Waals surface area contributed by atoms with Gasteiger partial charge in [-0.05, 0) is 65.4 Å². The highest BCUT2D eigenvalue weighted by molar-refractivity contribution is 5.94. The van der Waals surface area contributed by atoms with Gasteiger partial charge in [-0.3, -0.25) is 14.4 Å². The van der Waals surface area contributed by atoms with Crippen molar-refractivity contribution < 1.29 is 9.21 Å². The van der Waals surface area contributed by atoms with Crippen LogP contribution in [0.5, 0.6) is 0 Å². The lowest BCUT2D eigenvalue weighted by atomic mass is 9.90. The number of likely N-dealkylation sites (N-methyl/N-ethyl adjacent to an activating group) is 2. The molecule has 3 heterocycles. The number of fused-ring (bicyclic) bond motifs is 1. The smallest absolute Gasteiger partial charge is 0.274 e. The molecule has 7 heteroatoms. The molecule has 4 rings (SSSR count). The molecule has 0 radical (unpaired) electrons. The van der Waals surface area contributed by atoms with Gasteiger partial charge in [0.2, 0.25) is 0 Å². The van der Waals surface area contributed by atoms with Crippen LogP contribution in [0.4, 0.5) is 0 Å². The number of rotatable bonds is 5. The highest BCUT2D eigenvalue weighted by Gasteiger charge is 2.32. The van der Waals surface area contributed by atoms with Crippen molar-refractivity contribution in [3.8, 4) is 0 Å². The van der Waals surface area contributed by atoms with E-state index in [1.807, 2.05) is 17.0 Å². The number of aryl methyl sites for hydroxylation is 1. The first-order chi connectivity index (χ1) is 14.1. The predicted molar refractivity (Wildman–Crippen MR) is 112 cm³/mol. The summed E-state index contributed by atoms with van der Waals surface area (Å²) >= 11 is 0. The minimum absolute atomic E-state index is 0.109. The van der Waals surface area contributed by atoms with Crippen LogP contribution in [0.1, 0.15) is 47.3 Å². The minimum atomic E-state index is 0.109. The standard InChI is InChI=1S/C22H33N5O2/c1-4-27-20-9-8-17(25(3)16-18-7-5-14-29-18)15-19(20)21(23-27)22(28)26-11-6-10-24(2)12-13-26/h5,7,14,17H,4,6,8-13,15-16H2,1-3H3/t17-/m1/s1. The topological polar surface area (TPSA) is 57.8 Å². The van der Waals surface area contributed by atoms with Crippen LogP contribution in [-0.2, 0) is 25.9 Å². The van der Waals surface area contributed by atoms with Gasteiger partial charge in [0, 0.05) is 43.5 Å². The Bertz CT molecular complexity index is 829. The Morgan fingerprint density at radius 1 is 1.31 bits per heavy atom. The number of hydrogen-bond acceptors (Lipinski definition) is 5. The molecule has 7 nitrogen and oxygen atoms in total. The van der Waals surface area contributed by atoms with E-state index >= 15 is 0 Å². The molecule has 2 aromatic rings. The summed E-state index contributed by atoms with van der Waals surface area (Å²) in [5, 5.41) is 4.78. The van der Waals surface area contributed by atoms with E-state index in [4.69, 9.17) is 9.52 Å². The average molecular weight is 400 g/mol. The van der Waals surface area contributed by atoms with Crippen LogP contribution in [0.3, 0.4) is 0 Å². The van der Waals surface area contributed by atoms with Crippen LogP contribution in [0, 0.1) is 0 Å². The van der Waals surface area contributed by atoms with E-state index in [9.17, 15) is 4.79 Å². The predicted octanol–water partition coefficient (Wildman–Crippen LogP) is 2.26. The van der Waals surface area contributed by atoms with Gasteiger partial charge < -0.3 is 14.2 Å². The van der Waals surface area contributed by atoms with Crippen molar-refractivity contribution in [1.29, 1.82) is 0 Å². The van der Waals surface area contributed by atoms with Gasteiger partial charge in [0.1, 0.15) is 5.76 Å². The largest absolute Gasteiger partial charge is 0.468 e. The Labute approximate surface area is 173 Å². The number of carbonyl (C=O) groups is 1. The summed E-state index contributed by atoms with van der Waals surface area (Å²) in [4.78, 5) is 20.0. The molecular formula is C22H33N5O2. The van der Waals surface area contributed by atoms with Crippen LogP contribution < -0.4 is 0 Å². The van der Waals surface area contributed by atoms with Crippen LogP contribution in [0.15, 0.2) is 22.8 Å². The first-order valence-corrected chi connectivity index (χ1v) is 10.9. The first-order valence-electron chi connectivity index (χ1n) is 10.9. The summed E-state index contributed by atoms with van der Waals surface area (Å²) in [5.41, 5.74) is 3.10. The third kappa shape index (κ3) is 4.26. The van der Waals surface area contributed by atoms with Gasteiger partial charge in [-0.2, -0.15) is 5.10 Å². The molecule has 1 saturated heterocycles. The summed E-state index contributed by atoms with van der Waals surface area (Å²) in [7, 11) is 4.27. The molecule has 0 spiro atoms. The number of furan rings is 1. The third-order valence-electron chi connectivity index (χ3n) is 6.44. The SMILES string of the molecule is CCn1nc(C(=O)N2CCCN(C)CC2)c2c1CC[C@@H](N(C)Cc1ccco1)C2. The quantitative estimate of drug-likeness (QED) is 0.772. The average Bonchev–Trinajstić information content (AvgIpc) is 3.31. The van der Waals surface area contributed by atoms with E-state index in [1.54, 1.807) is 6.26 Å². The Balaban J connectivity index is 1.54. The molecule has 1 amide bonds. The Hall–Kier alpha value is -2.12. The molecule has 0 saturated carbocycles. The van der Waals surface area contributed by atoms with Crippen molar-refractivity contribution in [2.24, 2.45) is 0 Å². The van der Waals surface area contributed by atoms with Crippen LogP contribution in [-0.4, -0.2) is 76.7 Å². The lowest BCUT2D eigenvalue weighted by Gasteiger charge is -2.31. The van der Waals surface area contributed by atoms with Gasteiger partial charge >= 0.3 is 0 Å². The zero-order valence-corrected chi connectivity index (χ0v) is 17.9. The fourth-order valence-electron chi connectivity index (χ4n) is 4.66. The summed E-state index contributed by atoms with van der Waals surface area (Å²) in [5.74, 6) is 1.09. The molecule has 1 aliphatic heterocycles. The van der Waals surface area contributed by atoms with Crippen molar-refractivity contribution in [2.45, 2.75) is 51.7 Å². The van der Waals surface area contributed by atoms with Gasteiger partial charge in [-0.1, -0.05) is 0 Å². The lowest BCUT2D eigenvalue weighted by molar-refractivity contribution is 0.0754. The zero-order chi connectivity index (χ0) is 20.4. The monoisotopic (exact) mass is 399 g/mol. The van der Waals surface area contributed by atoms with Gasteiger partial charge in [0.05, 0.1) is 12.8 Å². The van der Waals surface area contributed by atoms with E-state index < -0.39 is 0 Å². The maximum Gasteiger partial charge on any atom is 0.274 e. The van der Waals surface area contributed by atoms with Crippen LogP contribution in [0.25, 0.3) is 0 Å². The van der Waals surface area contributed by atoms with Crippen molar-refractivity contribution >= 4 is 5.91 Å². The normalized spacial score (nSPS) is 20.7. The maximum absolute atomic E-state index is 13.4. The summed E-state index contributed by atoms with van der Waals surface area (Å²) in [6, 6.07) is 4.34. The van der Waals surface area contributed by atoms with E-state index in [0.717, 1.165) is 76.3 Å². The molecular weight excluding hydrogens is 366 g/mol. The van der Waals surface area contributed by atoms with Gasteiger partial charge in [0.15, 0.2) is 5.69 Å². The van der Waals surface area contributed by atoms with Gasteiger partial charge in [-0.25, -0.2) is 0 Å². The Morgan fingerprint density at radius 3 is 2.93 bits per heavy atom. The molecule has 0 bridgehead atoms. The molecule has 2 aliphatic rings. The number of nitrogens with zero attached hydrogens (tertiary/aromatic N) is 5. The zero-order valence-electron chi connectivity index (χ0n) is 17.9. The number of hydrogen-bond donors (Lipinski definition) is 0. The third-order valence-corrected chi connectivity index (χ3v) is 6.44. The Kier molecular flexibility index (Phi) is 6.06. The highest BCUT2D eigenvalue weighted by Crippen LogP contribution is 2.29. The summed E-state index contributed by atoms with van der Waals surface area (Å²) < 4.78 is 7.58. The van der Waals surface area contributed by atoms with Crippen LogP contribution >= 0.6 is 0 Å². The van der Waals surface area contributed by atoms with E-state index in [2.05, 4.69) is 35.5 Å². The van der Waals surface area contributed by atoms with Crippen molar-refractivity contribution in [1.82, 2.24) is 24.5 Å². The van der Waals surface area contributed by atoms with Crippen molar-refractivity contribution in [3.05, 3.63) is 41.1 Å². The molecule has 1 atom stereocenters. The number of aromatic nitrogens is 2. The van der Waals surface area contributed by atoms with Crippen molar-refractivity contribution in [2.75, 3.05) is 40.3 Å². The molecule has 0 N–H and O–H groups in total. The molecule has 29 heavy (non-hydrogen) atoms. The molecule has 0 unspecified atom stereocenters. The van der Waals surface area contributed by atoms with E-state index in [0.29, 0.717) is 11.7 Å². The first kappa shape index (κ1) is 20.2. The second-order valence-corrected chi connectivity index (χ2v) is 8.43. The summed E-state index contributed by atoms with van der Waals surface area (Å²) in [6.45, 7) is 7.28. The number of amides is 1. The molecule has 0 aromatic carbocycles. The molecule has 1 fully saturated rings. The van der Waals surface area contributed by atoms with Gasteiger partial charge in [0.25, 0.3) is 5.91 Å². The summed E-state index contributed by atoms with van der Waals surface area (Å²) in [6.07, 6.45) is 5.68. The fourth-order valence-corrected chi connectivity index (χ4v) is 4.66. The lowest BCUT2D eigenvalue weighted by Crippen LogP contribution is -2.38. The van der Waals surface area contributed by atoms with E-state index in [-0.39, 0.29) is 5.91 Å². The van der Waals surface area contributed by atoms with Gasteiger partial charge in [-0.15, -0.1) is 0 Å². The van der Waals surface area contributed by atoms with E-state index in [1.165, 1.54) is 5.69 Å². The highest BCUT2D eigenvalue weighted by atomic mass is 16.3. The minimum Gasteiger partial charge on any atom is -0.468 e. The van der Waals surface area contributed by atoms with Crippen LogP contribution in [0.2, 0.25) is 0 Å².